The van der Waals surface area contributed by atoms with Crippen LogP contribution in [0.2, 0.25) is 0 Å². The predicted molar refractivity (Wildman–Crippen MR) is 135 cm³/mol. The van der Waals surface area contributed by atoms with Crippen molar-refractivity contribution in [2.24, 2.45) is 0 Å². The summed E-state index contributed by atoms with van der Waals surface area (Å²) in [5, 5.41) is 5.58. The summed E-state index contributed by atoms with van der Waals surface area (Å²) >= 11 is 0. The van der Waals surface area contributed by atoms with Gasteiger partial charge in [-0.2, -0.15) is 0 Å². The van der Waals surface area contributed by atoms with Crippen molar-refractivity contribution in [3.05, 3.63) is 89.7 Å². The molecule has 2 amide bonds. The molecule has 0 aliphatic carbocycles. The van der Waals surface area contributed by atoms with Crippen LogP contribution in [0.5, 0.6) is 0 Å². The molecule has 7 nitrogen and oxygen atoms in total. The largest absolute Gasteiger partial charge is 0.369 e. The van der Waals surface area contributed by atoms with E-state index in [2.05, 4.69) is 49.7 Å². The molecule has 0 radical (unpaired) electrons. The summed E-state index contributed by atoms with van der Waals surface area (Å²) in [4.78, 5) is 34.2. The quantitative estimate of drug-likeness (QED) is 0.556. The lowest BCUT2D eigenvalue weighted by atomic mass is 10.1. The van der Waals surface area contributed by atoms with Crippen molar-refractivity contribution < 1.29 is 9.59 Å². The SMILES string of the molecule is Cc1cccc(NC(=O)C(=O)NC[C@@H](c2cccnc2)N2CCN(c3ccccc3)CC2)c1C. The van der Waals surface area contributed by atoms with Crippen LogP contribution in [-0.2, 0) is 9.59 Å². The molecule has 1 aliphatic heterocycles. The van der Waals surface area contributed by atoms with Crippen molar-refractivity contribution in [3.8, 4) is 0 Å². The summed E-state index contributed by atoms with van der Waals surface area (Å²) in [5.41, 5.74) is 4.90. The van der Waals surface area contributed by atoms with Crippen LogP contribution in [0.3, 0.4) is 0 Å². The Morgan fingerprint density at radius 3 is 2.38 bits per heavy atom. The highest BCUT2D eigenvalue weighted by atomic mass is 16.2. The fourth-order valence-electron chi connectivity index (χ4n) is 4.30. The van der Waals surface area contributed by atoms with Crippen LogP contribution in [0.4, 0.5) is 11.4 Å². The van der Waals surface area contributed by atoms with E-state index in [1.54, 1.807) is 12.3 Å². The lowest BCUT2D eigenvalue weighted by molar-refractivity contribution is -0.136. The van der Waals surface area contributed by atoms with E-state index >= 15 is 0 Å². The van der Waals surface area contributed by atoms with Gasteiger partial charge in [0, 0.05) is 56.5 Å². The molecular weight excluding hydrogens is 426 g/mol. The number of amides is 2. The highest BCUT2D eigenvalue weighted by molar-refractivity contribution is 6.39. The first-order valence-corrected chi connectivity index (χ1v) is 11.6. The number of para-hydroxylation sites is 1. The third-order valence-corrected chi connectivity index (χ3v) is 6.46. The van der Waals surface area contributed by atoms with Crippen molar-refractivity contribution in [2.45, 2.75) is 19.9 Å². The first-order valence-electron chi connectivity index (χ1n) is 11.6. The maximum atomic E-state index is 12.6. The minimum absolute atomic E-state index is 0.0657. The highest BCUT2D eigenvalue weighted by Crippen LogP contribution is 2.23. The first kappa shape index (κ1) is 23.4. The molecule has 1 aromatic heterocycles. The second kappa shape index (κ2) is 10.9. The van der Waals surface area contributed by atoms with Gasteiger partial charge in [0.05, 0.1) is 6.04 Å². The standard InChI is InChI=1S/C27H31N5O2/c1-20-8-6-12-24(21(20)2)30-27(34)26(33)29-19-25(22-9-7-13-28-18-22)32-16-14-31(15-17-32)23-10-4-3-5-11-23/h3-13,18,25H,14-17,19H2,1-2H3,(H,29,33)(H,30,34)/t25-/m0/s1. The summed E-state index contributed by atoms with van der Waals surface area (Å²) in [5.74, 6) is -1.30. The molecule has 1 saturated heterocycles. The number of benzene rings is 2. The van der Waals surface area contributed by atoms with E-state index in [1.165, 1.54) is 5.69 Å². The Balaban J connectivity index is 1.39. The molecule has 2 aromatic carbocycles. The van der Waals surface area contributed by atoms with Crippen molar-refractivity contribution in [2.75, 3.05) is 42.9 Å². The van der Waals surface area contributed by atoms with Gasteiger partial charge in [-0.25, -0.2) is 0 Å². The van der Waals surface area contributed by atoms with Gasteiger partial charge in [0.15, 0.2) is 0 Å². The normalized spacial score (nSPS) is 14.9. The van der Waals surface area contributed by atoms with Gasteiger partial charge in [-0.1, -0.05) is 36.4 Å². The molecular formula is C27H31N5O2. The molecule has 0 spiro atoms. The van der Waals surface area contributed by atoms with E-state index in [1.807, 2.05) is 50.4 Å². The Labute approximate surface area is 200 Å². The van der Waals surface area contributed by atoms with Crippen LogP contribution in [0.25, 0.3) is 0 Å². The molecule has 3 aromatic rings. The third-order valence-electron chi connectivity index (χ3n) is 6.46. The molecule has 1 atom stereocenters. The zero-order valence-corrected chi connectivity index (χ0v) is 19.7. The Morgan fingerprint density at radius 2 is 1.68 bits per heavy atom. The Morgan fingerprint density at radius 1 is 0.912 bits per heavy atom. The molecule has 4 rings (SSSR count). The number of carbonyl (C=O) groups excluding carboxylic acids is 2. The second-order valence-corrected chi connectivity index (χ2v) is 8.57. The topological polar surface area (TPSA) is 77.6 Å². The van der Waals surface area contributed by atoms with Crippen LogP contribution in [-0.4, -0.2) is 54.4 Å². The smallest absolute Gasteiger partial charge is 0.313 e. The van der Waals surface area contributed by atoms with E-state index in [4.69, 9.17) is 0 Å². The molecule has 1 aliphatic rings. The number of hydrogen-bond donors (Lipinski definition) is 2. The first-order chi connectivity index (χ1) is 16.5. The summed E-state index contributed by atoms with van der Waals surface area (Å²) < 4.78 is 0. The van der Waals surface area contributed by atoms with E-state index in [0.29, 0.717) is 12.2 Å². The molecule has 2 heterocycles. The average Bonchev–Trinajstić information content (AvgIpc) is 2.88. The molecule has 1 fully saturated rings. The zero-order chi connectivity index (χ0) is 23.9. The van der Waals surface area contributed by atoms with Gasteiger partial charge in [0.1, 0.15) is 0 Å². The van der Waals surface area contributed by atoms with Crippen molar-refractivity contribution in [1.29, 1.82) is 0 Å². The Kier molecular flexibility index (Phi) is 7.54. The summed E-state index contributed by atoms with van der Waals surface area (Å²) in [6.07, 6.45) is 3.57. The predicted octanol–water partition coefficient (Wildman–Crippen LogP) is 3.32. The van der Waals surface area contributed by atoms with Gasteiger partial charge in [0.25, 0.3) is 0 Å². The van der Waals surface area contributed by atoms with Crippen LogP contribution >= 0.6 is 0 Å². The lowest BCUT2D eigenvalue weighted by Crippen LogP contribution is -2.50. The van der Waals surface area contributed by atoms with Crippen LogP contribution in [0, 0.1) is 13.8 Å². The third kappa shape index (κ3) is 5.61. The van der Waals surface area contributed by atoms with Gasteiger partial charge < -0.3 is 15.5 Å². The summed E-state index contributed by atoms with van der Waals surface area (Å²) in [7, 11) is 0. The Hall–Kier alpha value is -3.71. The van der Waals surface area contributed by atoms with E-state index in [9.17, 15) is 9.59 Å². The molecule has 7 heteroatoms. The van der Waals surface area contributed by atoms with Crippen molar-refractivity contribution >= 4 is 23.2 Å². The number of nitrogens with one attached hydrogen (secondary N) is 2. The Bertz CT molecular complexity index is 1110. The lowest BCUT2D eigenvalue weighted by Gasteiger charge is -2.40. The van der Waals surface area contributed by atoms with Gasteiger partial charge in [-0.3, -0.25) is 19.5 Å². The van der Waals surface area contributed by atoms with Gasteiger partial charge in [0.2, 0.25) is 0 Å². The van der Waals surface area contributed by atoms with Crippen molar-refractivity contribution in [1.82, 2.24) is 15.2 Å². The number of rotatable bonds is 6. The zero-order valence-electron chi connectivity index (χ0n) is 19.7. The van der Waals surface area contributed by atoms with Crippen LogP contribution in [0.1, 0.15) is 22.7 Å². The van der Waals surface area contributed by atoms with Gasteiger partial charge in [-0.15, -0.1) is 0 Å². The van der Waals surface area contributed by atoms with E-state index in [0.717, 1.165) is 42.9 Å². The fourth-order valence-corrected chi connectivity index (χ4v) is 4.30. The molecule has 176 valence electrons. The summed E-state index contributed by atoms with van der Waals surface area (Å²) in [6.45, 7) is 7.70. The minimum atomic E-state index is -0.660. The number of piperazine rings is 1. The fraction of sp³-hybridized carbons (Fsp3) is 0.296. The number of carbonyl (C=O) groups is 2. The second-order valence-electron chi connectivity index (χ2n) is 8.57. The van der Waals surface area contributed by atoms with E-state index < -0.39 is 11.8 Å². The molecule has 34 heavy (non-hydrogen) atoms. The van der Waals surface area contributed by atoms with Crippen molar-refractivity contribution in [3.63, 3.8) is 0 Å². The van der Waals surface area contributed by atoms with Gasteiger partial charge in [-0.05, 0) is 54.8 Å². The molecule has 2 N–H and O–H groups in total. The number of nitrogens with zero attached hydrogens (tertiary/aromatic N) is 3. The number of hydrogen-bond acceptors (Lipinski definition) is 5. The number of aromatic nitrogens is 1. The van der Waals surface area contributed by atoms with Crippen LogP contribution in [0.15, 0.2) is 73.1 Å². The van der Waals surface area contributed by atoms with Crippen LogP contribution < -0.4 is 15.5 Å². The average molecular weight is 458 g/mol. The number of pyridine rings is 1. The maximum absolute atomic E-state index is 12.6. The summed E-state index contributed by atoms with van der Waals surface area (Å²) in [6, 6.07) is 19.9. The number of anilines is 2. The monoisotopic (exact) mass is 457 g/mol. The number of aryl methyl sites for hydroxylation is 1. The van der Waals surface area contributed by atoms with Gasteiger partial charge >= 0.3 is 11.8 Å². The highest BCUT2D eigenvalue weighted by Gasteiger charge is 2.27. The van der Waals surface area contributed by atoms with E-state index in [-0.39, 0.29) is 6.04 Å². The maximum Gasteiger partial charge on any atom is 0.313 e. The molecule has 0 unspecified atom stereocenters. The molecule has 0 bridgehead atoms. The molecule has 0 saturated carbocycles. The minimum Gasteiger partial charge on any atom is -0.369 e.